The van der Waals surface area contributed by atoms with Gasteiger partial charge in [-0.1, -0.05) is 12.1 Å². The van der Waals surface area contributed by atoms with Gasteiger partial charge in [-0.15, -0.1) is 0 Å². The topological polar surface area (TPSA) is 84.7 Å². The van der Waals surface area contributed by atoms with Crippen molar-refractivity contribution in [1.29, 1.82) is 0 Å². The fourth-order valence-corrected chi connectivity index (χ4v) is 2.60. The molecule has 2 aromatic heterocycles. The zero-order chi connectivity index (χ0) is 19.6. The number of aryl methyl sites for hydroxylation is 2. The second-order valence-electron chi connectivity index (χ2n) is 7.53. The van der Waals surface area contributed by atoms with Crippen LogP contribution in [0.5, 0.6) is 0 Å². The fourth-order valence-electron chi connectivity index (χ4n) is 2.60. The summed E-state index contributed by atoms with van der Waals surface area (Å²) in [6.45, 7) is 7.84. The molecule has 7 nitrogen and oxygen atoms in total. The van der Waals surface area contributed by atoms with Gasteiger partial charge in [0.15, 0.2) is 0 Å². The van der Waals surface area contributed by atoms with Gasteiger partial charge in [0.1, 0.15) is 0 Å². The van der Waals surface area contributed by atoms with Crippen molar-refractivity contribution in [2.24, 2.45) is 7.05 Å². The lowest BCUT2D eigenvalue weighted by atomic mass is 10.0. The van der Waals surface area contributed by atoms with E-state index in [9.17, 15) is 4.79 Å². The van der Waals surface area contributed by atoms with Gasteiger partial charge in [-0.3, -0.25) is 9.48 Å². The highest BCUT2D eigenvalue weighted by molar-refractivity contribution is 5.95. The van der Waals surface area contributed by atoms with E-state index in [0.29, 0.717) is 11.5 Å². The van der Waals surface area contributed by atoms with Crippen LogP contribution in [0.25, 0.3) is 11.3 Å². The Morgan fingerprint density at radius 3 is 2.41 bits per heavy atom. The van der Waals surface area contributed by atoms with Gasteiger partial charge < -0.3 is 10.6 Å². The monoisotopic (exact) mass is 364 g/mol. The molecule has 3 aromatic rings. The van der Waals surface area contributed by atoms with E-state index < -0.39 is 0 Å². The van der Waals surface area contributed by atoms with Crippen molar-refractivity contribution in [3.8, 4) is 11.3 Å². The number of benzene rings is 1. The van der Waals surface area contributed by atoms with Gasteiger partial charge in [0.25, 0.3) is 5.91 Å². The van der Waals surface area contributed by atoms with Gasteiger partial charge in [0.2, 0.25) is 5.95 Å². The lowest BCUT2D eigenvalue weighted by molar-refractivity contribution is 0.0919. The Labute approximate surface area is 158 Å². The molecule has 0 aliphatic heterocycles. The highest BCUT2D eigenvalue weighted by Gasteiger charge is 2.15. The zero-order valence-corrected chi connectivity index (χ0v) is 16.2. The first-order chi connectivity index (χ1) is 12.7. The smallest absolute Gasteiger partial charge is 0.251 e. The van der Waals surface area contributed by atoms with E-state index in [4.69, 9.17) is 0 Å². The van der Waals surface area contributed by atoms with Crippen LogP contribution in [0.3, 0.4) is 0 Å². The standard InChI is InChI=1S/C20H24N6O/c1-13-10-21-19(23-16-11-22-26(5)12-16)24-17(13)14-6-8-15(9-7-14)18(27)25-20(2,3)4/h6-12H,1-5H3,(H,25,27)(H,21,23,24). The first kappa shape index (κ1) is 18.6. The summed E-state index contributed by atoms with van der Waals surface area (Å²) in [6, 6.07) is 7.43. The van der Waals surface area contributed by atoms with E-state index in [0.717, 1.165) is 22.5 Å². The molecule has 2 N–H and O–H groups in total. The van der Waals surface area contributed by atoms with E-state index in [1.54, 1.807) is 17.1 Å². The van der Waals surface area contributed by atoms with Crippen molar-refractivity contribution >= 4 is 17.5 Å². The SMILES string of the molecule is Cc1cnc(Nc2cnn(C)c2)nc1-c1ccc(C(=O)NC(C)(C)C)cc1. The quantitative estimate of drug-likeness (QED) is 0.741. The number of anilines is 2. The Kier molecular flexibility index (Phi) is 4.94. The summed E-state index contributed by atoms with van der Waals surface area (Å²) >= 11 is 0. The second-order valence-corrected chi connectivity index (χ2v) is 7.53. The van der Waals surface area contributed by atoms with Crippen LogP contribution in [0.15, 0.2) is 42.9 Å². The minimum absolute atomic E-state index is 0.0904. The van der Waals surface area contributed by atoms with E-state index >= 15 is 0 Å². The molecule has 27 heavy (non-hydrogen) atoms. The van der Waals surface area contributed by atoms with Gasteiger partial charge in [-0.2, -0.15) is 5.10 Å². The number of nitrogens with zero attached hydrogens (tertiary/aromatic N) is 4. The molecule has 0 spiro atoms. The van der Waals surface area contributed by atoms with Crippen molar-refractivity contribution in [3.63, 3.8) is 0 Å². The summed E-state index contributed by atoms with van der Waals surface area (Å²) in [5.74, 6) is 0.408. The molecule has 0 aliphatic rings. The Balaban J connectivity index is 1.83. The Morgan fingerprint density at radius 1 is 1.11 bits per heavy atom. The minimum atomic E-state index is -0.272. The third-order valence-corrected chi connectivity index (χ3v) is 3.84. The maximum absolute atomic E-state index is 12.3. The summed E-state index contributed by atoms with van der Waals surface area (Å²) in [5, 5.41) is 10.2. The van der Waals surface area contributed by atoms with Crippen molar-refractivity contribution in [2.45, 2.75) is 33.2 Å². The number of amides is 1. The fraction of sp³-hybridized carbons (Fsp3) is 0.300. The predicted molar refractivity (Wildman–Crippen MR) is 106 cm³/mol. The van der Waals surface area contributed by atoms with Crippen LogP contribution < -0.4 is 10.6 Å². The number of nitrogens with one attached hydrogen (secondary N) is 2. The maximum Gasteiger partial charge on any atom is 0.251 e. The zero-order valence-electron chi connectivity index (χ0n) is 16.2. The number of rotatable bonds is 4. The van der Waals surface area contributed by atoms with Crippen LogP contribution in [0.4, 0.5) is 11.6 Å². The first-order valence-electron chi connectivity index (χ1n) is 8.73. The van der Waals surface area contributed by atoms with Crippen LogP contribution in [-0.4, -0.2) is 31.2 Å². The molecule has 140 valence electrons. The molecule has 3 rings (SSSR count). The van der Waals surface area contributed by atoms with E-state index in [1.165, 1.54) is 0 Å². The number of hydrogen-bond acceptors (Lipinski definition) is 5. The first-order valence-corrected chi connectivity index (χ1v) is 8.73. The number of carbonyl (C=O) groups is 1. The molecule has 0 fully saturated rings. The van der Waals surface area contributed by atoms with Gasteiger partial charge in [-0.25, -0.2) is 9.97 Å². The van der Waals surface area contributed by atoms with Crippen LogP contribution in [0.2, 0.25) is 0 Å². The lowest BCUT2D eigenvalue weighted by Crippen LogP contribution is -2.40. The summed E-state index contributed by atoms with van der Waals surface area (Å²) in [7, 11) is 1.85. The summed E-state index contributed by atoms with van der Waals surface area (Å²) in [6.07, 6.45) is 5.35. The molecular formula is C20H24N6O. The predicted octanol–water partition coefficient (Wildman–Crippen LogP) is 3.46. The summed E-state index contributed by atoms with van der Waals surface area (Å²) in [5.41, 5.74) is 3.87. The van der Waals surface area contributed by atoms with Crippen molar-refractivity contribution in [3.05, 3.63) is 54.0 Å². The van der Waals surface area contributed by atoms with Crippen LogP contribution in [0, 0.1) is 6.92 Å². The van der Waals surface area contributed by atoms with Crippen LogP contribution in [0.1, 0.15) is 36.7 Å². The largest absolute Gasteiger partial charge is 0.347 e. The van der Waals surface area contributed by atoms with Gasteiger partial charge in [0, 0.05) is 36.1 Å². The normalized spacial score (nSPS) is 11.3. The molecule has 0 bridgehead atoms. The van der Waals surface area contributed by atoms with E-state index in [1.807, 2.05) is 65.2 Å². The highest BCUT2D eigenvalue weighted by Crippen LogP contribution is 2.23. The molecule has 7 heteroatoms. The van der Waals surface area contributed by atoms with E-state index in [2.05, 4.69) is 25.7 Å². The van der Waals surface area contributed by atoms with Crippen molar-refractivity contribution in [2.75, 3.05) is 5.32 Å². The van der Waals surface area contributed by atoms with Crippen LogP contribution in [-0.2, 0) is 7.05 Å². The Hall–Kier alpha value is -3.22. The average Bonchev–Trinajstić information content (AvgIpc) is 3.00. The molecule has 0 saturated heterocycles. The van der Waals surface area contributed by atoms with Gasteiger partial charge >= 0.3 is 0 Å². The Bertz CT molecular complexity index is 953. The third kappa shape index (κ3) is 4.69. The molecule has 0 radical (unpaired) electrons. The molecule has 0 unspecified atom stereocenters. The number of carbonyl (C=O) groups excluding carboxylic acids is 1. The molecule has 0 saturated carbocycles. The Morgan fingerprint density at radius 2 is 1.81 bits per heavy atom. The summed E-state index contributed by atoms with van der Waals surface area (Å²) < 4.78 is 1.71. The van der Waals surface area contributed by atoms with Crippen molar-refractivity contribution in [1.82, 2.24) is 25.1 Å². The maximum atomic E-state index is 12.3. The van der Waals surface area contributed by atoms with Gasteiger partial charge in [0.05, 0.1) is 17.6 Å². The highest BCUT2D eigenvalue weighted by atomic mass is 16.1. The lowest BCUT2D eigenvalue weighted by Gasteiger charge is -2.20. The molecule has 1 aromatic carbocycles. The molecular weight excluding hydrogens is 340 g/mol. The van der Waals surface area contributed by atoms with E-state index in [-0.39, 0.29) is 11.4 Å². The summed E-state index contributed by atoms with van der Waals surface area (Å²) in [4.78, 5) is 21.2. The van der Waals surface area contributed by atoms with Crippen molar-refractivity contribution < 1.29 is 4.79 Å². The molecule has 2 heterocycles. The number of aromatic nitrogens is 4. The van der Waals surface area contributed by atoms with Gasteiger partial charge in [-0.05, 0) is 45.4 Å². The third-order valence-electron chi connectivity index (χ3n) is 3.84. The number of hydrogen-bond donors (Lipinski definition) is 2. The minimum Gasteiger partial charge on any atom is -0.347 e. The van der Waals surface area contributed by atoms with Crippen LogP contribution >= 0.6 is 0 Å². The second kappa shape index (κ2) is 7.19. The molecule has 0 atom stereocenters. The molecule has 1 amide bonds. The molecule has 0 aliphatic carbocycles. The average molecular weight is 364 g/mol.